The van der Waals surface area contributed by atoms with Gasteiger partial charge in [0, 0.05) is 19.5 Å². The Hall–Kier alpha value is -1.88. The third kappa shape index (κ3) is 5.55. The molecule has 21 heavy (non-hydrogen) atoms. The average Bonchev–Trinajstić information content (AvgIpc) is 2.88. The highest BCUT2D eigenvalue weighted by Crippen LogP contribution is 2.15. The Morgan fingerprint density at radius 2 is 2.05 bits per heavy atom. The summed E-state index contributed by atoms with van der Waals surface area (Å²) in [5, 5.41) is 11.8. The van der Waals surface area contributed by atoms with Gasteiger partial charge in [0.05, 0.1) is 0 Å². The number of amides is 1. The van der Waals surface area contributed by atoms with Crippen LogP contribution in [0.15, 0.2) is 30.3 Å². The van der Waals surface area contributed by atoms with Crippen molar-refractivity contribution in [3.63, 3.8) is 0 Å². The van der Waals surface area contributed by atoms with Gasteiger partial charge in [-0.25, -0.2) is 4.79 Å². The molecule has 1 heterocycles. The maximum Gasteiger partial charge on any atom is 0.326 e. The monoisotopic (exact) mass is 292 g/mol. The molecule has 0 saturated carbocycles. The van der Waals surface area contributed by atoms with Crippen LogP contribution < -0.4 is 5.32 Å². The quantitative estimate of drug-likeness (QED) is 0.869. The number of nitrogens with zero attached hydrogens (tertiary/aromatic N) is 1. The molecule has 0 spiro atoms. The Balaban J connectivity index is 0.000000219. The summed E-state index contributed by atoms with van der Waals surface area (Å²) in [6, 6.07) is 9.73. The van der Waals surface area contributed by atoms with Gasteiger partial charge in [-0.15, -0.1) is 0 Å². The minimum Gasteiger partial charge on any atom is -0.480 e. The van der Waals surface area contributed by atoms with Crippen LogP contribution in [-0.4, -0.2) is 41.5 Å². The Bertz CT molecular complexity index is 448. The molecule has 1 aliphatic rings. The van der Waals surface area contributed by atoms with E-state index in [1.54, 1.807) is 6.92 Å². The fraction of sp³-hybridized carbons (Fsp3) is 0.500. The fourth-order valence-electron chi connectivity index (χ4n) is 2.33. The van der Waals surface area contributed by atoms with Crippen molar-refractivity contribution in [2.24, 2.45) is 0 Å². The van der Waals surface area contributed by atoms with Crippen LogP contribution in [0.3, 0.4) is 0 Å². The largest absolute Gasteiger partial charge is 0.480 e. The Morgan fingerprint density at radius 1 is 1.38 bits per heavy atom. The van der Waals surface area contributed by atoms with Crippen LogP contribution in [-0.2, 0) is 16.1 Å². The molecule has 0 radical (unpaired) electrons. The summed E-state index contributed by atoms with van der Waals surface area (Å²) in [7, 11) is 1.95. The van der Waals surface area contributed by atoms with Gasteiger partial charge in [-0.3, -0.25) is 4.79 Å². The summed E-state index contributed by atoms with van der Waals surface area (Å²) in [5.74, 6) is -0.919. The number of likely N-dealkylation sites (tertiary alicyclic amines) is 1. The second kappa shape index (κ2) is 9.13. The van der Waals surface area contributed by atoms with Crippen LogP contribution in [0, 0.1) is 0 Å². The number of rotatable bonds is 5. The number of carboxylic acids is 1. The zero-order valence-electron chi connectivity index (χ0n) is 12.7. The van der Waals surface area contributed by atoms with E-state index in [0.29, 0.717) is 19.4 Å². The van der Waals surface area contributed by atoms with Gasteiger partial charge in [0.1, 0.15) is 6.04 Å². The second-order valence-corrected chi connectivity index (χ2v) is 4.97. The molecular weight excluding hydrogens is 268 g/mol. The lowest BCUT2D eigenvalue weighted by Gasteiger charge is -2.22. The van der Waals surface area contributed by atoms with Crippen LogP contribution in [0.25, 0.3) is 0 Å². The molecule has 0 aromatic heterocycles. The van der Waals surface area contributed by atoms with Crippen LogP contribution in [0.2, 0.25) is 0 Å². The lowest BCUT2D eigenvalue weighted by atomic mass is 10.2. The van der Waals surface area contributed by atoms with Crippen LogP contribution in [0.4, 0.5) is 0 Å². The van der Waals surface area contributed by atoms with Crippen molar-refractivity contribution in [3.05, 3.63) is 35.9 Å². The van der Waals surface area contributed by atoms with E-state index < -0.39 is 12.0 Å². The first-order chi connectivity index (χ1) is 10.1. The zero-order chi connectivity index (χ0) is 15.7. The Morgan fingerprint density at radius 3 is 2.48 bits per heavy atom. The number of benzene rings is 1. The molecule has 0 aliphatic carbocycles. The smallest absolute Gasteiger partial charge is 0.326 e. The van der Waals surface area contributed by atoms with E-state index in [-0.39, 0.29) is 5.91 Å². The van der Waals surface area contributed by atoms with E-state index in [0.717, 1.165) is 13.0 Å². The number of carbonyl (C=O) groups excluding carboxylic acids is 1. The highest BCUT2D eigenvalue weighted by atomic mass is 16.4. The highest BCUT2D eigenvalue weighted by molar-refractivity contribution is 5.84. The molecule has 5 nitrogen and oxygen atoms in total. The predicted molar refractivity (Wildman–Crippen MR) is 81.9 cm³/mol. The molecule has 1 aromatic rings. The van der Waals surface area contributed by atoms with E-state index in [2.05, 4.69) is 17.4 Å². The molecule has 2 rings (SSSR count). The summed E-state index contributed by atoms with van der Waals surface area (Å²) in [6.07, 6.45) is 1.79. The Kier molecular flexibility index (Phi) is 7.46. The highest BCUT2D eigenvalue weighted by Gasteiger charge is 2.30. The standard InChI is InChI=1S/C8H13NO3.C8H11N/c1-2-6(8(11)12)9-5-3-4-7(9)10;1-9-7-8-5-3-2-4-6-8/h6H,2-5H2,1H3,(H,11,12);2-6,9H,7H2,1H3/t6-;/m0./s1. The van der Waals surface area contributed by atoms with E-state index in [9.17, 15) is 9.59 Å². The van der Waals surface area contributed by atoms with Gasteiger partial charge in [-0.1, -0.05) is 37.3 Å². The molecule has 116 valence electrons. The molecule has 1 fully saturated rings. The summed E-state index contributed by atoms with van der Waals surface area (Å²) in [4.78, 5) is 23.3. The first kappa shape index (κ1) is 17.2. The maximum absolute atomic E-state index is 11.1. The van der Waals surface area contributed by atoms with Gasteiger partial charge in [-0.2, -0.15) is 0 Å². The normalized spacial score (nSPS) is 15.3. The van der Waals surface area contributed by atoms with E-state index in [1.807, 2.05) is 25.2 Å². The van der Waals surface area contributed by atoms with Gasteiger partial charge in [0.15, 0.2) is 0 Å². The zero-order valence-corrected chi connectivity index (χ0v) is 12.7. The van der Waals surface area contributed by atoms with Gasteiger partial charge < -0.3 is 15.3 Å². The second-order valence-electron chi connectivity index (χ2n) is 4.97. The number of carboxylic acid groups (broad SMARTS) is 1. The van der Waals surface area contributed by atoms with Gasteiger partial charge in [0.2, 0.25) is 5.91 Å². The minimum absolute atomic E-state index is 0.0238. The third-order valence-electron chi connectivity index (χ3n) is 3.38. The summed E-state index contributed by atoms with van der Waals surface area (Å²) < 4.78 is 0. The van der Waals surface area contributed by atoms with Gasteiger partial charge >= 0.3 is 5.97 Å². The van der Waals surface area contributed by atoms with E-state index in [4.69, 9.17) is 5.11 Å². The van der Waals surface area contributed by atoms with Crippen molar-refractivity contribution in [2.45, 2.75) is 38.8 Å². The van der Waals surface area contributed by atoms with Crippen molar-refractivity contribution in [1.29, 1.82) is 0 Å². The van der Waals surface area contributed by atoms with Crippen molar-refractivity contribution in [1.82, 2.24) is 10.2 Å². The number of hydrogen-bond acceptors (Lipinski definition) is 3. The molecule has 5 heteroatoms. The molecule has 1 aliphatic heterocycles. The van der Waals surface area contributed by atoms with Crippen LogP contribution in [0.1, 0.15) is 31.7 Å². The van der Waals surface area contributed by atoms with Crippen molar-refractivity contribution in [2.75, 3.05) is 13.6 Å². The third-order valence-corrected chi connectivity index (χ3v) is 3.38. The average molecular weight is 292 g/mol. The van der Waals surface area contributed by atoms with Crippen LogP contribution >= 0.6 is 0 Å². The molecule has 0 bridgehead atoms. The van der Waals surface area contributed by atoms with Crippen molar-refractivity contribution >= 4 is 11.9 Å². The summed E-state index contributed by atoms with van der Waals surface area (Å²) in [5.41, 5.74) is 1.33. The maximum atomic E-state index is 11.1. The van der Waals surface area contributed by atoms with Crippen molar-refractivity contribution in [3.8, 4) is 0 Å². The number of aliphatic carboxylic acids is 1. The molecule has 1 atom stereocenters. The van der Waals surface area contributed by atoms with E-state index >= 15 is 0 Å². The first-order valence-electron chi connectivity index (χ1n) is 7.31. The fourth-order valence-corrected chi connectivity index (χ4v) is 2.33. The summed E-state index contributed by atoms with van der Waals surface area (Å²) in [6.45, 7) is 3.34. The van der Waals surface area contributed by atoms with Gasteiger partial charge in [0.25, 0.3) is 0 Å². The predicted octanol–water partition coefficient (Wildman–Crippen LogP) is 1.88. The SMILES string of the molecule is CC[C@@H](C(=O)O)N1CCCC1=O.CNCc1ccccc1. The van der Waals surface area contributed by atoms with Crippen molar-refractivity contribution < 1.29 is 14.7 Å². The lowest BCUT2D eigenvalue weighted by molar-refractivity contribution is -0.148. The van der Waals surface area contributed by atoms with Crippen LogP contribution in [0.5, 0.6) is 0 Å². The number of hydrogen-bond donors (Lipinski definition) is 2. The molecule has 0 unspecified atom stereocenters. The Labute approximate surface area is 126 Å². The minimum atomic E-state index is -0.896. The molecule has 1 amide bonds. The molecule has 1 aromatic carbocycles. The molecule has 2 N–H and O–H groups in total. The van der Waals surface area contributed by atoms with E-state index in [1.165, 1.54) is 10.5 Å². The van der Waals surface area contributed by atoms with Gasteiger partial charge in [-0.05, 0) is 25.5 Å². The number of nitrogens with one attached hydrogen (secondary N) is 1. The molecular formula is C16H24N2O3. The topological polar surface area (TPSA) is 69.6 Å². The lowest BCUT2D eigenvalue weighted by Crippen LogP contribution is -2.41. The number of carbonyl (C=O) groups is 2. The first-order valence-corrected chi connectivity index (χ1v) is 7.31. The molecule has 1 saturated heterocycles. The summed E-state index contributed by atoms with van der Waals surface area (Å²) >= 11 is 0.